The molecule has 1 unspecified atom stereocenters. The molecule has 18 heavy (non-hydrogen) atoms. The molecule has 5 nitrogen and oxygen atoms in total. The Labute approximate surface area is 101 Å². The summed E-state index contributed by atoms with van der Waals surface area (Å²) in [5, 5.41) is 19.4. The summed E-state index contributed by atoms with van der Waals surface area (Å²) in [7, 11) is 0. The van der Waals surface area contributed by atoms with Crippen LogP contribution in [0, 0.1) is 11.6 Å². The van der Waals surface area contributed by atoms with Crippen LogP contribution in [0.4, 0.5) is 8.78 Å². The predicted molar refractivity (Wildman–Crippen MR) is 57.0 cm³/mol. The minimum Gasteiger partial charge on any atom is -0.480 e. The number of hydrogen-bond acceptors (Lipinski definition) is 3. The first kappa shape index (κ1) is 14.0. The maximum atomic E-state index is 12.9. The molecule has 0 aliphatic carbocycles. The van der Waals surface area contributed by atoms with E-state index in [1.165, 1.54) is 0 Å². The van der Waals surface area contributed by atoms with Gasteiger partial charge in [-0.15, -0.1) is 0 Å². The molecule has 1 rings (SSSR count). The molecule has 0 fully saturated rings. The lowest BCUT2D eigenvalue weighted by molar-refractivity contribution is -0.139. The average molecular weight is 259 g/mol. The van der Waals surface area contributed by atoms with Gasteiger partial charge >= 0.3 is 5.97 Å². The third kappa shape index (κ3) is 3.77. The molecule has 0 saturated carbocycles. The first-order chi connectivity index (χ1) is 8.43. The number of carbonyl (C=O) groups excluding carboxylic acids is 1. The lowest BCUT2D eigenvalue weighted by atomic mass is 10.1. The molecule has 1 amide bonds. The third-order valence-electron chi connectivity index (χ3n) is 2.15. The van der Waals surface area contributed by atoms with Crippen molar-refractivity contribution in [1.29, 1.82) is 0 Å². The summed E-state index contributed by atoms with van der Waals surface area (Å²) in [4.78, 5) is 22.3. The van der Waals surface area contributed by atoms with Crippen LogP contribution in [-0.4, -0.2) is 34.7 Å². The van der Waals surface area contributed by atoms with Crippen molar-refractivity contribution in [3.63, 3.8) is 0 Å². The second-order valence-electron chi connectivity index (χ2n) is 3.53. The lowest BCUT2D eigenvalue weighted by Crippen LogP contribution is -2.41. The van der Waals surface area contributed by atoms with E-state index >= 15 is 0 Å². The smallest absolute Gasteiger partial charge is 0.326 e. The second-order valence-corrected chi connectivity index (χ2v) is 3.53. The fourth-order valence-electron chi connectivity index (χ4n) is 1.31. The zero-order valence-corrected chi connectivity index (χ0v) is 9.19. The zero-order valence-electron chi connectivity index (χ0n) is 9.19. The van der Waals surface area contributed by atoms with Crippen LogP contribution in [0.15, 0.2) is 18.2 Å². The van der Waals surface area contributed by atoms with E-state index in [1.54, 1.807) is 0 Å². The van der Waals surface area contributed by atoms with Crippen molar-refractivity contribution >= 4 is 11.9 Å². The molecule has 1 aromatic carbocycles. The van der Waals surface area contributed by atoms with Crippen LogP contribution < -0.4 is 5.32 Å². The topological polar surface area (TPSA) is 86.6 Å². The Kier molecular flexibility index (Phi) is 4.73. The molecule has 3 N–H and O–H groups in total. The molecule has 0 aliphatic rings. The number of aliphatic carboxylic acids is 1. The van der Waals surface area contributed by atoms with Crippen LogP contribution in [0.3, 0.4) is 0 Å². The summed E-state index contributed by atoms with van der Waals surface area (Å²) >= 11 is 0. The number of rotatable bonds is 5. The summed E-state index contributed by atoms with van der Waals surface area (Å²) < 4.78 is 25.7. The van der Waals surface area contributed by atoms with Crippen molar-refractivity contribution in [1.82, 2.24) is 5.32 Å². The number of nitrogens with one attached hydrogen (secondary N) is 1. The Morgan fingerprint density at radius 1 is 1.22 bits per heavy atom. The van der Waals surface area contributed by atoms with Gasteiger partial charge in [0, 0.05) is 24.7 Å². The molecule has 98 valence electrons. The van der Waals surface area contributed by atoms with Crippen LogP contribution in [0.1, 0.15) is 16.8 Å². The van der Waals surface area contributed by atoms with E-state index < -0.39 is 36.2 Å². The van der Waals surface area contributed by atoms with Gasteiger partial charge in [0.1, 0.15) is 17.7 Å². The van der Waals surface area contributed by atoms with Gasteiger partial charge in [-0.2, -0.15) is 0 Å². The molecular weight excluding hydrogens is 248 g/mol. The van der Waals surface area contributed by atoms with E-state index in [1.807, 2.05) is 0 Å². The van der Waals surface area contributed by atoms with Crippen LogP contribution in [0.25, 0.3) is 0 Å². The molecular formula is C11H11F2NO4. The molecule has 0 aromatic heterocycles. The minimum atomic E-state index is -1.34. The summed E-state index contributed by atoms with van der Waals surface area (Å²) in [6, 6.07) is 0.861. The molecule has 0 bridgehead atoms. The third-order valence-corrected chi connectivity index (χ3v) is 2.15. The Bertz CT molecular complexity index is 444. The van der Waals surface area contributed by atoms with E-state index in [-0.39, 0.29) is 12.0 Å². The Morgan fingerprint density at radius 2 is 1.78 bits per heavy atom. The Hall–Kier alpha value is -2.02. The molecule has 1 atom stereocenters. The van der Waals surface area contributed by atoms with Gasteiger partial charge in [0.25, 0.3) is 5.91 Å². The molecule has 0 spiro atoms. The van der Waals surface area contributed by atoms with Gasteiger partial charge in [-0.3, -0.25) is 4.79 Å². The number of halogens is 2. The first-order valence-corrected chi connectivity index (χ1v) is 5.04. The number of carboxylic acids is 1. The Morgan fingerprint density at radius 3 is 2.22 bits per heavy atom. The molecule has 0 aliphatic heterocycles. The molecule has 0 radical (unpaired) electrons. The van der Waals surface area contributed by atoms with Crippen molar-refractivity contribution < 1.29 is 28.6 Å². The van der Waals surface area contributed by atoms with Gasteiger partial charge in [0.15, 0.2) is 0 Å². The average Bonchev–Trinajstić information content (AvgIpc) is 2.26. The van der Waals surface area contributed by atoms with Gasteiger partial charge < -0.3 is 15.5 Å². The highest BCUT2D eigenvalue weighted by atomic mass is 19.1. The molecule has 0 saturated heterocycles. The number of benzene rings is 1. The van der Waals surface area contributed by atoms with Crippen LogP contribution in [-0.2, 0) is 4.79 Å². The Balaban J connectivity index is 2.83. The van der Waals surface area contributed by atoms with Gasteiger partial charge in [0.05, 0.1) is 0 Å². The van der Waals surface area contributed by atoms with E-state index in [9.17, 15) is 18.4 Å². The normalized spacial score (nSPS) is 11.9. The predicted octanol–water partition coefficient (Wildman–Crippen LogP) is 0.530. The quantitative estimate of drug-likeness (QED) is 0.720. The maximum Gasteiger partial charge on any atom is 0.326 e. The second kappa shape index (κ2) is 6.06. The van der Waals surface area contributed by atoms with Gasteiger partial charge in [-0.25, -0.2) is 13.6 Å². The van der Waals surface area contributed by atoms with Crippen molar-refractivity contribution in [3.05, 3.63) is 35.4 Å². The van der Waals surface area contributed by atoms with E-state index in [4.69, 9.17) is 10.2 Å². The van der Waals surface area contributed by atoms with E-state index in [2.05, 4.69) is 5.32 Å². The van der Waals surface area contributed by atoms with Crippen molar-refractivity contribution in [2.24, 2.45) is 0 Å². The highest BCUT2D eigenvalue weighted by Crippen LogP contribution is 2.08. The van der Waals surface area contributed by atoms with E-state index in [0.29, 0.717) is 6.07 Å². The van der Waals surface area contributed by atoms with Crippen molar-refractivity contribution in [3.8, 4) is 0 Å². The molecule has 7 heteroatoms. The number of aliphatic hydroxyl groups is 1. The fourth-order valence-corrected chi connectivity index (χ4v) is 1.31. The van der Waals surface area contributed by atoms with Crippen LogP contribution in [0.5, 0.6) is 0 Å². The van der Waals surface area contributed by atoms with Crippen LogP contribution >= 0.6 is 0 Å². The number of amides is 1. The molecule has 1 aromatic rings. The highest BCUT2D eigenvalue weighted by molar-refractivity contribution is 5.96. The first-order valence-electron chi connectivity index (χ1n) is 5.04. The molecule has 0 heterocycles. The fraction of sp³-hybridized carbons (Fsp3) is 0.273. The van der Waals surface area contributed by atoms with Crippen LogP contribution in [0.2, 0.25) is 0 Å². The van der Waals surface area contributed by atoms with Gasteiger partial charge in [0.2, 0.25) is 0 Å². The SMILES string of the molecule is O=C(NC(CCO)C(=O)O)c1cc(F)cc(F)c1. The number of carbonyl (C=O) groups is 2. The minimum absolute atomic E-state index is 0.196. The van der Waals surface area contributed by atoms with Gasteiger partial charge in [-0.05, 0) is 12.1 Å². The summed E-state index contributed by atoms with van der Waals surface area (Å²) in [6.07, 6.45) is -0.196. The largest absolute Gasteiger partial charge is 0.480 e. The maximum absolute atomic E-state index is 12.9. The number of carboxylic acid groups (broad SMARTS) is 1. The number of aliphatic hydroxyl groups excluding tert-OH is 1. The monoisotopic (exact) mass is 259 g/mol. The summed E-state index contributed by atoms with van der Waals surface area (Å²) in [6.45, 7) is -0.436. The van der Waals surface area contributed by atoms with E-state index in [0.717, 1.165) is 12.1 Å². The standard InChI is InChI=1S/C11H11F2NO4/c12-7-3-6(4-8(13)5-7)10(16)14-9(1-2-15)11(17)18/h3-5,9,15H,1-2H2,(H,14,16)(H,17,18). The van der Waals surface area contributed by atoms with Gasteiger partial charge in [-0.1, -0.05) is 0 Å². The summed E-state index contributed by atoms with van der Waals surface area (Å²) in [5.41, 5.74) is -0.323. The van der Waals surface area contributed by atoms with Crippen molar-refractivity contribution in [2.45, 2.75) is 12.5 Å². The lowest BCUT2D eigenvalue weighted by Gasteiger charge is -2.13. The summed E-state index contributed by atoms with van der Waals surface area (Å²) in [5.74, 6) is -4.13. The highest BCUT2D eigenvalue weighted by Gasteiger charge is 2.20. The zero-order chi connectivity index (χ0) is 13.7. The number of hydrogen-bond donors (Lipinski definition) is 3. The van der Waals surface area contributed by atoms with Crippen molar-refractivity contribution in [2.75, 3.05) is 6.61 Å².